The summed E-state index contributed by atoms with van der Waals surface area (Å²) in [5, 5.41) is 2.44. The molecule has 0 saturated carbocycles. The number of hydrogen-bond donors (Lipinski definition) is 0. The molecule has 1 aromatic heterocycles. The molecule has 0 unspecified atom stereocenters. The van der Waals surface area contributed by atoms with Crippen molar-refractivity contribution in [2.75, 3.05) is 0 Å². The minimum atomic E-state index is -1.68. The molecule has 0 atom stereocenters. The van der Waals surface area contributed by atoms with Crippen molar-refractivity contribution >= 4 is 69.2 Å². The van der Waals surface area contributed by atoms with Gasteiger partial charge in [-0.15, -0.1) is 0 Å². The Bertz CT molecular complexity index is 880. The summed E-state index contributed by atoms with van der Waals surface area (Å²) >= 11 is -2.92. The molecular formula is C19H19NSb2. The van der Waals surface area contributed by atoms with Crippen LogP contribution in [-0.2, 0) is 0 Å². The van der Waals surface area contributed by atoms with Gasteiger partial charge in [-0.25, -0.2) is 0 Å². The molecule has 0 spiro atoms. The van der Waals surface area contributed by atoms with Gasteiger partial charge in [0.15, 0.2) is 0 Å². The van der Waals surface area contributed by atoms with E-state index in [2.05, 4.69) is 63.0 Å². The zero-order valence-corrected chi connectivity index (χ0v) is 18.3. The summed E-state index contributed by atoms with van der Waals surface area (Å²) in [6.45, 7) is 2.31. The third-order valence-electron chi connectivity index (χ3n) is 4.08. The fourth-order valence-electron chi connectivity index (χ4n) is 2.50. The molecule has 0 fully saturated rings. The monoisotopic (exact) mass is 503 g/mol. The van der Waals surface area contributed by atoms with E-state index in [-0.39, 0.29) is 0 Å². The Morgan fingerprint density at radius 1 is 0.955 bits per heavy atom. The van der Waals surface area contributed by atoms with Crippen molar-refractivity contribution in [1.29, 1.82) is 0 Å². The van der Waals surface area contributed by atoms with Crippen LogP contribution in [0.2, 0.25) is 14.1 Å². The normalized spacial score (nSPS) is 11.5. The zero-order chi connectivity index (χ0) is 15.7. The molecule has 3 rings (SSSR count). The maximum absolute atomic E-state index is 5.62. The van der Waals surface area contributed by atoms with Gasteiger partial charge in [-0.3, -0.25) is 0 Å². The molecule has 110 valence electrons. The first-order chi connectivity index (χ1) is 10.6. The van der Waals surface area contributed by atoms with Crippen LogP contribution < -0.4 is 7.02 Å². The number of benzene rings is 2. The van der Waals surface area contributed by atoms with Gasteiger partial charge >= 0.3 is 148 Å². The van der Waals surface area contributed by atoms with Gasteiger partial charge in [-0.2, -0.15) is 0 Å². The molecule has 0 aliphatic carbocycles. The third-order valence-corrected chi connectivity index (χ3v) is 14.2. The van der Waals surface area contributed by atoms with E-state index in [1.807, 2.05) is 0 Å². The van der Waals surface area contributed by atoms with Crippen LogP contribution in [0, 0.1) is 10.3 Å². The minimum absolute atomic E-state index is 1.09. The van der Waals surface area contributed by atoms with Gasteiger partial charge < -0.3 is 0 Å². The summed E-state index contributed by atoms with van der Waals surface area (Å²) in [6.07, 6.45) is 5.62. The molecule has 0 aliphatic heterocycles. The Labute approximate surface area is 147 Å². The number of hydrogen-bond acceptors (Lipinski definition) is 1. The zero-order valence-electron chi connectivity index (χ0n) is 13.2. The van der Waals surface area contributed by atoms with Gasteiger partial charge in [0.1, 0.15) is 0 Å². The SMILES string of the molecule is C#[C][Sb]([CH3])[c]1ccc2cc3cc[c]([121Sb]([CH3])[CH2]C)cc3nc2c1. The van der Waals surface area contributed by atoms with Crippen molar-refractivity contribution in [3.63, 3.8) is 0 Å². The van der Waals surface area contributed by atoms with E-state index in [9.17, 15) is 0 Å². The van der Waals surface area contributed by atoms with Gasteiger partial charge in [-0.1, -0.05) is 0 Å². The predicted octanol–water partition coefficient (Wildman–Crippen LogP) is 3.24. The first-order valence-electron chi connectivity index (χ1n) is 7.38. The van der Waals surface area contributed by atoms with Crippen LogP contribution in [0.4, 0.5) is 0 Å². The van der Waals surface area contributed by atoms with E-state index in [0.29, 0.717) is 0 Å². The summed E-state index contributed by atoms with van der Waals surface area (Å²) in [4.78, 5) is 9.61. The van der Waals surface area contributed by atoms with E-state index in [1.54, 1.807) is 3.51 Å². The number of rotatable bonds is 3. The summed E-state index contributed by atoms with van der Waals surface area (Å²) in [6, 6.07) is 15.7. The molecule has 2 aromatic carbocycles. The number of terminal acetylenes is 1. The third kappa shape index (κ3) is 3.15. The standard InChI is InChI=1S/C13H7N.C2H5.C2H.2CH3.2Sb/c1-3-7-12-10(5-1)9-11-6-2-4-8-13(11)14-12;2*1-2;;;;/h1-2,5-9H;1H2,2H3;1H;2*1H3;;/i;;;;;1-1;. The average molecular weight is 504 g/mol. The average Bonchev–Trinajstić information content (AvgIpc) is 2.57. The van der Waals surface area contributed by atoms with E-state index in [4.69, 9.17) is 11.4 Å². The Hall–Kier alpha value is -0.694. The van der Waals surface area contributed by atoms with Crippen molar-refractivity contribution in [3.8, 4) is 10.3 Å². The number of pyridine rings is 1. The molecule has 0 amide bonds. The number of fused-ring (bicyclic) bond motifs is 2. The van der Waals surface area contributed by atoms with Crippen LogP contribution in [-0.4, -0.2) is 45.4 Å². The molecule has 0 radical (unpaired) electrons. The van der Waals surface area contributed by atoms with E-state index < -0.39 is 40.4 Å². The van der Waals surface area contributed by atoms with Crippen LogP contribution in [0.15, 0.2) is 42.5 Å². The van der Waals surface area contributed by atoms with E-state index in [0.717, 1.165) is 11.0 Å². The molecule has 1 heterocycles. The molecule has 0 aliphatic rings. The summed E-state index contributed by atoms with van der Waals surface area (Å²) in [5.41, 5.74) is 2.22. The summed E-state index contributed by atoms with van der Waals surface area (Å²) in [7, 11) is 0. The Morgan fingerprint density at radius 2 is 1.55 bits per heavy atom. The quantitative estimate of drug-likeness (QED) is 0.304. The van der Waals surface area contributed by atoms with Gasteiger partial charge in [0, 0.05) is 0 Å². The van der Waals surface area contributed by atoms with Crippen molar-refractivity contribution in [2.45, 2.75) is 21.0 Å². The summed E-state index contributed by atoms with van der Waals surface area (Å²) in [5.74, 6) is 0. The Kier molecular flexibility index (Phi) is 5.02. The first kappa shape index (κ1) is 16.2. The van der Waals surface area contributed by atoms with Crippen LogP contribution in [0.25, 0.3) is 21.8 Å². The second-order valence-electron chi connectivity index (χ2n) is 5.44. The molecule has 3 heteroatoms. The van der Waals surface area contributed by atoms with Gasteiger partial charge in [0.25, 0.3) is 0 Å². The maximum atomic E-state index is 5.62. The topological polar surface area (TPSA) is 12.9 Å². The predicted molar refractivity (Wildman–Crippen MR) is 101 cm³/mol. The van der Waals surface area contributed by atoms with Gasteiger partial charge in [0.2, 0.25) is 0 Å². The van der Waals surface area contributed by atoms with Crippen LogP contribution >= 0.6 is 0 Å². The molecular weight excluding hydrogens is 485 g/mol. The Morgan fingerprint density at radius 3 is 2.14 bits per heavy atom. The second kappa shape index (κ2) is 6.82. The van der Waals surface area contributed by atoms with Gasteiger partial charge in [-0.05, 0) is 0 Å². The van der Waals surface area contributed by atoms with Crippen LogP contribution in [0.3, 0.4) is 0 Å². The second-order valence-corrected chi connectivity index (χ2v) is 18.1. The van der Waals surface area contributed by atoms with Crippen molar-refractivity contribution in [2.24, 2.45) is 0 Å². The first-order valence-corrected chi connectivity index (χ1v) is 18.1. The number of nitrogens with zero attached hydrogens (tertiary/aromatic N) is 1. The Balaban J connectivity index is 2.17. The molecule has 0 N–H and O–H groups in total. The molecule has 0 saturated heterocycles. The number of aromatic nitrogens is 1. The fraction of sp³-hybridized carbons (Fsp3) is 0.211. The molecule has 3 aromatic rings. The van der Waals surface area contributed by atoms with E-state index in [1.165, 1.54) is 18.6 Å². The van der Waals surface area contributed by atoms with Crippen LogP contribution in [0.5, 0.6) is 0 Å². The van der Waals surface area contributed by atoms with Crippen molar-refractivity contribution < 1.29 is 0 Å². The summed E-state index contributed by atoms with van der Waals surface area (Å²) < 4.78 is 7.21. The molecule has 22 heavy (non-hydrogen) atoms. The van der Waals surface area contributed by atoms with Crippen LogP contribution in [0.1, 0.15) is 6.92 Å². The van der Waals surface area contributed by atoms with Gasteiger partial charge in [0.05, 0.1) is 0 Å². The molecule has 1 nitrogen and oxygen atoms in total. The van der Waals surface area contributed by atoms with Crippen molar-refractivity contribution in [3.05, 3.63) is 42.5 Å². The fourth-order valence-corrected chi connectivity index (χ4v) is 7.64. The van der Waals surface area contributed by atoms with Crippen molar-refractivity contribution in [1.82, 2.24) is 4.98 Å². The van der Waals surface area contributed by atoms with E-state index >= 15 is 0 Å². The molecule has 0 bridgehead atoms.